The third-order valence-corrected chi connectivity index (χ3v) is 4.99. The fraction of sp³-hybridized carbons (Fsp3) is 0.412. The lowest BCUT2D eigenvalue weighted by Gasteiger charge is -2.47. The largest absolute Gasteiger partial charge is 0.0838 e. The average molecular weight is 222 g/mol. The molecule has 0 N–H and O–H groups in total. The Morgan fingerprint density at radius 2 is 1.76 bits per heavy atom. The SMILES string of the molecule is CC1=CCC2=CC=C3CC=CC4C=CC1C2C34. The van der Waals surface area contributed by atoms with Gasteiger partial charge in [0.2, 0.25) is 0 Å². The molecule has 0 aliphatic heterocycles. The molecule has 0 radical (unpaired) electrons. The summed E-state index contributed by atoms with van der Waals surface area (Å²) >= 11 is 0. The van der Waals surface area contributed by atoms with Gasteiger partial charge in [-0.25, -0.2) is 0 Å². The van der Waals surface area contributed by atoms with Crippen molar-refractivity contribution < 1.29 is 0 Å². The number of rotatable bonds is 0. The Kier molecular flexibility index (Phi) is 1.91. The standard InChI is InChI=1S/C17H18/c1-11-5-6-14-8-7-12-3-2-4-13-9-10-15(11)17(14)16(12)13/h2,4-5,7-10,13,15-17H,3,6H2,1H3. The highest BCUT2D eigenvalue weighted by Gasteiger charge is 2.42. The van der Waals surface area contributed by atoms with Crippen LogP contribution in [0.3, 0.4) is 0 Å². The van der Waals surface area contributed by atoms with E-state index in [0.717, 1.165) is 11.8 Å². The second kappa shape index (κ2) is 3.35. The molecule has 0 fully saturated rings. The van der Waals surface area contributed by atoms with Crippen LogP contribution in [0.1, 0.15) is 19.8 Å². The van der Waals surface area contributed by atoms with Crippen molar-refractivity contribution in [3.8, 4) is 0 Å². The summed E-state index contributed by atoms with van der Waals surface area (Å²) in [6, 6.07) is 0. The Balaban J connectivity index is 1.91. The molecule has 0 nitrogen and oxygen atoms in total. The van der Waals surface area contributed by atoms with Gasteiger partial charge in [-0.15, -0.1) is 0 Å². The lowest BCUT2D eigenvalue weighted by Crippen LogP contribution is -2.38. The van der Waals surface area contributed by atoms with Gasteiger partial charge in [0.25, 0.3) is 0 Å². The average Bonchev–Trinajstić information content (AvgIpc) is 2.38. The zero-order valence-electron chi connectivity index (χ0n) is 10.3. The molecule has 86 valence electrons. The lowest BCUT2D eigenvalue weighted by molar-refractivity contribution is 0.288. The van der Waals surface area contributed by atoms with Crippen molar-refractivity contribution >= 4 is 0 Å². The molecule has 0 saturated carbocycles. The van der Waals surface area contributed by atoms with Crippen LogP contribution in [0, 0.1) is 23.7 Å². The van der Waals surface area contributed by atoms with Gasteiger partial charge in [-0.3, -0.25) is 0 Å². The summed E-state index contributed by atoms with van der Waals surface area (Å²) in [4.78, 5) is 0. The first-order chi connectivity index (χ1) is 8.34. The second-order valence-corrected chi connectivity index (χ2v) is 5.81. The summed E-state index contributed by atoms with van der Waals surface area (Å²) in [6.45, 7) is 2.31. The summed E-state index contributed by atoms with van der Waals surface area (Å²) in [5.41, 5.74) is 4.91. The summed E-state index contributed by atoms with van der Waals surface area (Å²) in [6.07, 6.45) is 19.3. The molecule has 4 aliphatic carbocycles. The topological polar surface area (TPSA) is 0 Å². The lowest BCUT2D eigenvalue weighted by atomic mass is 9.57. The van der Waals surface area contributed by atoms with Gasteiger partial charge in [0, 0.05) is 11.8 Å². The van der Waals surface area contributed by atoms with Gasteiger partial charge >= 0.3 is 0 Å². The van der Waals surface area contributed by atoms with Gasteiger partial charge in [0.1, 0.15) is 0 Å². The first-order valence-corrected chi connectivity index (χ1v) is 6.76. The van der Waals surface area contributed by atoms with Crippen molar-refractivity contribution in [1.82, 2.24) is 0 Å². The van der Waals surface area contributed by atoms with Gasteiger partial charge in [-0.05, 0) is 31.6 Å². The van der Waals surface area contributed by atoms with Crippen molar-refractivity contribution in [3.63, 3.8) is 0 Å². The predicted octanol–water partition coefficient (Wildman–Crippen LogP) is 4.20. The van der Waals surface area contributed by atoms with Crippen LogP contribution in [0.15, 0.2) is 59.3 Å². The van der Waals surface area contributed by atoms with E-state index in [1.165, 1.54) is 12.8 Å². The molecular weight excluding hydrogens is 204 g/mol. The smallest absolute Gasteiger partial charge is 0.00461 e. The molecule has 0 amide bonds. The summed E-state index contributed by atoms with van der Waals surface area (Å²) in [7, 11) is 0. The van der Waals surface area contributed by atoms with Crippen LogP contribution in [0.4, 0.5) is 0 Å². The fourth-order valence-corrected chi connectivity index (χ4v) is 4.13. The minimum Gasteiger partial charge on any atom is -0.0838 e. The van der Waals surface area contributed by atoms with Gasteiger partial charge in [0.15, 0.2) is 0 Å². The van der Waals surface area contributed by atoms with Gasteiger partial charge < -0.3 is 0 Å². The minimum absolute atomic E-state index is 0.658. The normalized spacial score (nSPS) is 41.4. The maximum Gasteiger partial charge on any atom is 0.00461 e. The molecule has 0 saturated heterocycles. The Labute approximate surface area is 103 Å². The summed E-state index contributed by atoms with van der Waals surface area (Å²) in [5.74, 6) is 2.86. The number of hydrogen-bond acceptors (Lipinski definition) is 0. The molecule has 0 aromatic rings. The predicted molar refractivity (Wildman–Crippen MR) is 71.4 cm³/mol. The molecule has 0 heteroatoms. The molecule has 17 heavy (non-hydrogen) atoms. The van der Waals surface area contributed by atoms with Crippen LogP contribution in [0.2, 0.25) is 0 Å². The quantitative estimate of drug-likeness (QED) is 0.539. The van der Waals surface area contributed by atoms with E-state index < -0.39 is 0 Å². The maximum atomic E-state index is 2.46. The molecule has 0 bridgehead atoms. The molecular formula is C17H18. The van der Waals surface area contributed by atoms with Crippen molar-refractivity contribution in [1.29, 1.82) is 0 Å². The molecule has 4 atom stereocenters. The molecule has 0 aromatic carbocycles. The minimum atomic E-state index is 0.658. The third-order valence-electron chi connectivity index (χ3n) is 4.99. The van der Waals surface area contributed by atoms with E-state index in [1.807, 2.05) is 0 Å². The first-order valence-electron chi connectivity index (χ1n) is 6.76. The van der Waals surface area contributed by atoms with Crippen LogP contribution in [-0.2, 0) is 0 Å². The Bertz CT molecular complexity index is 510. The molecule has 4 aliphatic rings. The Morgan fingerprint density at radius 3 is 2.65 bits per heavy atom. The van der Waals surface area contributed by atoms with Gasteiger partial charge in [-0.1, -0.05) is 59.3 Å². The highest BCUT2D eigenvalue weighted by molar-refractivity contribution is 5.43. The van der Waals surface area contributed by atoms with Crippen LogP contribution >= 0.6 is 0 Å². The van der Waals surface area contributed by atoms with Crippen LogP contribution in [-0.4, -0.2) is 0 Å². The highest BCUT2D eigenvalue weighted by Crippen LogP contribution is 2.52. The van der Waals surface area contributed by atoms with Crippen molar-refractivity contribution in [2.75, 3.05) is 0 Å². The molecule has 4 unspecified atom stereocenters. The van der Waals surface area contributed by atoms with E-state index in [0.29, 0.717) is 11.8 Å². The number of allylic oxidation sites excluding steroid dienone is 10. The van der Waals surface area contributed by atoms with E-state index in [-0.39, 0.29) is 0 Å². The highest BCUT2D eigenvalue weighted by atomic mass is 14.5. The number of hydrogen-bond donors (Lipinski definition) is 0. The van der Waals surface area contributed by atoms with Gasteiger partial charge in [0.05, 0.1) is 0 Å². The van der Waals surface area contributed by atoms with Crippen molar-refractivity contribution in [2.24, 2.45) is 23.7 Å². The third kappa shape index (κ3) is 1.24. The molecule has 0 heterocycles. The van der Waals surface area contributed by atoms with E-state index in [4.69, 9.17) is 0 Å². The molecule has 0 aromatic heterocycles. The molecule has 0 spiro atoms. The van der Waals surface area contributed by atoms with Crippen LogP contribution in [0.25, 0.3) is 0 Å². The van der Waals surface area contributed by atoms with Gasteiger partial charge in [-0.2, -0.15) is 0 Å². The Hall–Kier alpha value is -1.30. The van der Waals surface area contributed by atoms with E-state index in [1.54, 1.807) is 16.7 Å². The van der Waals surface area contributed by atoms with Crippen molar-refractivity contribution in [2.45, 2.75) is 19.8 Å². The van der Waals surface area contributed by atoms with Crippen LogP contribution in [0.5, 0.6) is 0 Å². The monoisotopic (exact) mass is 222 g/mol. The zero-order valence-corrected chi connectivity index (χ0v) is 10.3. The first kappa shape index (κ1) is 9.70. The second-order valence-electron chi connectivity index (χ2n) is 5.81. The Morgan fingerprint density at radius 1 is 0.941 bits per heavy atom. The van der Waals surface area contributed by atoms with Crippen molar-refractivity contribution in [3.05, 3.63) is 59.3 Å². The van der Waals surface area contributed by atoms with E-state index in [2.05, 4.69) is 49.5 Å². The fourth-order valence-electron chi connectivity index (χ4n) is 4.13. The summed E-state index contributed by atoms with van der Waals surface area (Å²) < 4.78 is 0. The summed E-state index contributed by atoms with van der Waals surface area (Å²) in [5, 5.41) is 0. The molecule has 4 rings (SSSR count). The van der Waals surface area contributed by atoms with E-state index >= 15 is 0 Å². The zero-order chi connectivity index (χ0) is 11.4. The van der Waals surface area contributed by atoms with E-state index in [9.17, 15) is 0 Å². The maximum absolute atomic E-state index is 2.46. The van der Waals surface area contributed by atoms with Crippen LogP contribution < -0.4 is 0 Å².